The lowest BCUT2D eigenvalue weighted by atomic mass is 9.88. The molecule has 3 fully saturated rings. The molecular formula is C17H31NO3. The van der Waals surface area contributed by atoms with Crippen LogP contribution in [0.15, 0.2) is 0 Å². The Labute approximate surface area is 128 Å². The molecule has 3 aliphatic rings. The Balaban J connectivity index is 1.28. The third-order valence-corrected chi connectivity index (χ3v) is 5.46. The maximum absolute atomic E-state index is 6.07. The van der Waals surface area contributed by atoms with E-state index in [-0.39, 0.29) is 5.79 Å². The average molecular weight is 297 g/mol. The zero-order valence-corrected chi connectivity index (χ0v) is 13.4. The summed E-state index contributed by atoms with van der Waals surface area (Å²) in [4.78, 5) is 0. The lowest BCUT2D eigenvalue weighted by Gasteiger charge is -2.36. The Morgan fingerprint density at radius 2 is 1.76 bits per heavy atom. The lowest BCUT2D eigenvalue weighted by molar-refractivity contribution is -0.179. The van der Waals surface area contributed by atoms with Gasteiger partial charge in [0, 0.05) is 25.4 Å². The Bertz CT molecular complexity index is 307. The molecule has 2 saturated carbocycles. The molecule has 2 atom stereocenters. The largest absolute Gasteiger partial charge is 0.377 e. The van der Waals surface area contributed by atoms with Crippen molar-refractivity contribution in [1.29, 1.82) is 0 Å². The van der Waals surface area contributed by atoms with Crippen molar-refractivity contribution >= 4 is 0 Å². The molecule has 2 unspecified atom stereocenters. The van der Waals surface area contributed by atoms with Crippen molar-refractivity contribution in [3.63, 3.8) is 0 Å². The van der Waals surface area contributed by atoms with Gasteiger partial charge in [-0.15, -0.1) is 0 Å². The molecule has 0 aromatic rings. The number of nitrogens with one attached hydrogen (secondary N) is 1. The average Bonchev–Trinajstić information content (AvgIpc) is 2.96. The van der Waals surface area contributed by atoms with Gasteiger partial charge in [0.2, 0.25) is 0 Å². The van der Waals surface area contributed by atoms with Crippen LogP contribution in [0.5, 0.6) is 0 Å². The van der Waals surface area contributed by atoms with E-state index in [1.54, 1.807) is 0 Å². The zero-order chi connectivity index (χ0) is 14.5. The van der Waals surface area contributed by atoms with E-state index in [1.165, 1.54) is 25.7 Å². The van der Waals surface area contributed by atoms with Gasteiger partial charge in [-0.2, -0.15) is 0 Å². The minimum Gasteiger partial charge on any atom is -0.377 e. The first kappa shape index (κ1) is 15.7. The first-order valence-electron chi connectivity index (χ1n) is 8.90. The fraction of sp³-hybridized carbons (Fsp3) is 1.00. The molecule has 4 heteroatoms. The molecule has 0 amide bonds. The van der Waals surface area contributed by atoms with Crippen molar-refractivity contribution in [3.8, 4) is 0 Å². The van der Waals surface area contributed by atoms with E-state index < -0.39 is 0 Å². The van der Waals surface area contributed by atoms with Crippen molar-refractivity contribution in [2.24, 2.45) is 5.92 Å². The summed E-state index contributed by atoms with van der Waals surface area (Å²) in [5.74, 6) is 0.511. The van der Waals surface area contributed by atoms with E-state index in [4.69, 9.17) is 14.2 Å². The maximum Gasteiger partial charge on any atom is 0.168 e. The van der Waals surface area contributed by atoms with Crippen molar-refractivity contribution in [2.75, 3.05) is 26.4 Å². The normalized spacial score (nSPS) is 33.6. The standard InChI is InChI=1S/C17H31NO3/c1-14-4-2-3-5-16(14)19-11-10-18-15-6-8-17(9-7-15)20-12-13-21-17/h14-16,18H,2-13H2,1H3. The highest BCUT2D eigenvalue weighted by Gasteiger charge is 2.40. The fourth-order valence-corrected chi connectivity index (χ4v) is 4.05. The van der Waals surface area contributed by atoms with Gasteiger partial charge in [0.1, 0.15) is 0 Å². The van der Waals surface area contributed by atoms with Crippen molar-refractivity contribution in [3.05, 3.63) is 0 Å². The monoisotopic (exact) mass is 297 g/mol. The molecule has 1 saturated heterocycles. The summed E-state index contributed by atoms with van der Waals surface area (Å²) in [7, 11) is 0. The summed E-state index contributed by atoms with van der Waals surface area (Å²) < 4.78 is 17.6. The molecule has 122 valence electrons. The number of ether oxygens (including phenoxy) is 3. The van der Waals surface area contributed by atoms with E-state index in [0.29, 0.717) is 12.1 Å². The van der Waals surface area contributed by atoms with Gasteiger partial charge in [-0.25, -0.2) is 0 Å². The van der Waals surface area contributed by atoms with Crippen LogP contribution in [0.4, 0.5) is 0 Å². The molecule has 0 radical (unpaired) electrons. The number of hydrogen-bond acceptors (Lipinski definition) is 4. The summed E-state index contributed by atoms with van der Waals surface area (Å²) >= 11 is 0. The van der Waals surface area contributed by atoms with Crippen LogP contribution in [0, 0.1) is 5.92 Å². The Morgan fingerprint density at radius 3 is 2.48 bits per heavy atom. The zero-order valence-electron chi connectivity index (χ0n) is 13.4. The molecular weight excluding hydrogens is 266 g/mol. The molecule has 0 aromatic carbocycles. The van der Waals surface area contributed by atoms with Crippen LogP contribution in [0.1, 0.15) is 58.3 Å². The van der Waals surface area contributed by atoms with E-state index in [1.807, 2.05) is 0 Å². The van der Waals surface area contributed by atoms with Crippen molar-refractivity contribution in [1.82, 2.24) is 5.32 Å². The first-order valence-corrected chi connectivity index (χ1v) is 8.90. The van der Waals surface area contributed by atoms with Gasteiger partial charge in [-0.3, -0.25) is 0 Å². The van der Waals surface area contributed by atoms with Gasteiger partial charge in [0.05, 0.1) is 25.9 Å². The van der Waals surface area contributed by atoms with Crippen LogP contribution in [0.2, 0.25) is 0 Å². The van der Waals surface area contributed by atoms with E-state index >= 15 is 0 Å². The minimum atomic E-state index is -0.230. The Hall–Kier alpha value is -0.160. The van der Waals surface area contributed by atoms with Crippen LogP contribution in [0.25, 0.3) is 0 Å². The van der Waals surface area contributed by atoms with Gasteiger partial charge < -0.3 is 19.5 Å². The minimum absolute atomic E-state index is 0.230. The second-order valence-electron chi connectivity index (χ2n) is 7.01. The molecule has 4 nitrogen and oxygen atoms in total. The highest BCUT2D eigenvalue weighted by atomic mass is 16.7. The van der Waals surface area contributed by atoms with Crippen molar-refractivity contribution < 1.29 is 14.2 Å². The Morgan fingerprint density at radius 1 is 1.05 bits per heavy atom. The molecule has 1 aliphatic heterocycles. The summed E-state index contributed by atoms with van der Waals surface area (Å²) in [5, 5.41) is 3.65. The number of hydrogen-bond donors (Lipinski definition) is 1. The lowest BCUT2D eigenvalue weighted by Crippen LogP contribution is -2.43. The summed E-state index contributed by atoms with van der Waals surface area (Å²) in [6.45, 7) is 5.70. The fourth-order valence-electron chi connectivity index (χ4n) is 4.05. The summed E-state index contributed by atoms with van der Waals surface area (Å²) in [5.41, 5.74) is 0. The summed E-state index contributed by atoms with van der Waals surface area (Å²) in [6, 6.07) is 0.607. The van der Waals surface area contributed by atoms with Gasteiger partial charge in [0.25, 0.3) is 0 Å². The second kappa shape index (κ2) is 7.40. The quantitative estimate of drug-likeness (QED) is 0.792. The van der Waals surface area contributed by atoms with Gasteiger partial charge in [-0.1, -0.05) is 19.8 Å². The maximum atomic E-state index is 6.07. The molecule has 0 aromatic heterocycles. The highest BCUT2D eigenvalue weighted by molar-refractivity contribution is 4.85. The van der Waals surface area contributed by atoms with Crippen LogP contribution in [-0.4, -0.2) is 44.3 Å². The molecule has 1 N–H and O–H groups in total. The smallest absolute Gasteiger partial charge is 0.168 e. The van der Waals surface area contributed by atoms with E-state index in [2.05, 4.69) is 12.2 Å². The first-order chi connectivity index (χ1) is 10.3. The molecule has 21 heavy (non-hydrogen) atoms. The molecule has 3 rings (SSSR count). The third kappa shape index (κ3) is 4.19. The van der Waals surface area contributed by atoms with E-state index in [0.717, 1.165) is 58.0 Å². The Kier molecular flexibility index (Phi) is 5.54. The predicted octanol–water partition coefficient (Wildman–Crippen LogP) is 2.86. The van der Waals surface area contributed by atoms with Crippen LogP contribution in [0.3, 0.4) is 0 Å². The van der Waals surface area contributed by atoms with Gasteiger partial charge in [0.15, 0.2) is 5.79 Å². The molecule has 2 aliphatic carbocycles. The van der Waals surface area contributed by atoms with Crippen LogP contribution >= 0.6 is 0 Å². The van der Waals surface area contributed by atoms with Gasteiger partial charge in [-0.05, 0) is 31.6 Å². The van der Waals surface area contributed by atoms with Gasteiger partial charge >= 0.3 is 0 Å². The predicted molar refractivity (Wildman–Crippen MR) is 82.3 cm³/mol. The van der Waals surface area contributed by atoms with Crippen LogP contribution < -0.4 is 5.32 Å². The van der Waals surface area contributed by atoms with E-state index in [9.17, 15) is 0 Å². The molecule has 1 heterocycles. The topological polar surface area (TPSA) is 39.7 Å². The second-order valence-corrected chi connectivity index (χ2v) is 7.01. The number of rotatable bonds is 5. The molecule has 0 bridgehead atoms. The third-order valence-electron chi connectivity index (χ3n) is 5.46. The highest BCUT2D eigenvalue weighted by Crippen LogP contribution is 2.35. The van der Waals surface area contributed by atoms with Crippen LogP contribution in [-0.2, 0) is 14.2 Å². The SMILES string of the molecule is CC1CCCCC1OCCNC1CCC2(CC1)OCCO2. The summed E-state index contributed by atoms with van der Waals surface area (Å²) in [6.07, 6.45) is 10.2. The van der Waals surface area contributed by atoms with Crippen molar-refractivity contribution in [2.45, 2.75) is 76.2 Å². The molecule has 1 spiro atoms.